The van der Waals surface area contributed by atoms with Crippen molar-refractivity contribution < 1.29 is 19.4 Å². The fourth-order valence-electron chi connectivity index (χ4n) is 3.54. The predicted molar refractivity (Wildman–Crippen MR) is 88.2 cm³/mol. The van der Waals surface area contributed by atoms with Gasteiger partial charge in [-0.15, -0.1) is 0 Å². The van der Waals surface area contributed by atoms with Gasteiger partial charge in [0.2, 0.25) is 6.79 Å². The standard InChI is InChI=1S/C19H16N2O4/c20-9-14-18(12-4-2-1-3-5-12)15(10-22)21(14)19(23)13-6-7-16-17(8-13)25-11-24-16/h1-8,14-15,18,22H,10-11H2/t14-,15+,18+/m1/s1. The molecule has 2 aliphatic heterocycles. The largest absolute Gasteiger partial charge is 0.454 e. The normalized spacial score (nSPS) is 23.7. The van der Waals surface area contributed by atoms with E-state index in [0.29, 0.717) is 17.1 Å². The number of carbonyl (C=O) groups is 1. The summed E-state index contributed by atoms with van der Waals surface area (Å²) in [7, 11) is 0. The highest BCUT2D eigenvalue weighted by Gasteiger charge is 2.51. The van der Waals surface area contributed by atoms with Crippen molar-refractivity contribution in [1.82, 2.24) is 4.90 Å². The summed E-state index contributed by atoms with van der Waals surface area (Å²) in [5, 5.41) is 19.4. The van der Waals surface area contributed by atoms with E-state index >= 15 is 0 Å². The molecule has 1 N–H and O–H groups in total. The maximum Gasteiger partial charge on any atom is 0.255 e. The fourth-order valence-corrected chi connectivity index (χ4v) is 3.54. The van der Waals surface area contributed by atoms with E-state index in [-0.39, 0.29) is 25.2 Å². The molecule has 0 aromatic heterocycles. The van der Waals surface area contributed by atoms with Gasteiger partial charge in [-0.25, -0.2) is 0 Å². The summed E-state index contributed by atoms with van der Waals surface area (Å²) in [4.78, 5) is 14.4. The first-order chi connectivity index (χ1) is 12.2. The fraction of sp³-hybridized carbons (Fsp3) is 0.263. The molecule has 2 heterocycles. The quantitative estimate of drug-likeness (QED) is 0.926. The highest BCUT2D eigenvalue weighted by atomic mass is 16.7. The Hall–Kier alpha value is -3.04. The van der Waals surface area contributed by atoms with Gasteiger partial charge in [0.1, 0.15) is 6.04 Å². The number of carbonyl (C=O) groups excluding carboxylic acids is 1. The number of aliphatic hydroxyl groups excluding tert-OH is 1. The first-order valence-corrected chi connectivity index (χ1v) is 8.02. The van der Waals surface area contributed by atoms with Crippen molar-refractivity contribution in [3.63, 3.8) is 0 Å². The molecule has 1 amide bonds. The molecule has 1 fully saturated rings. The van der Waals surface area contributed by atoms with Crippen molar-refractivity contribution in [1.29, 1.82) is 5.26 Å². The Balaban J connectivity index is 1.63. The van der Waals surface area contributed by atoms with Crippen LogP contribution in [0, 0.1) is 11.3 Å². The number of nitriles is 1. The molecule has 0 unspecified atom stereocenters. The number of nitrogens with zero attached hydrogens (tertiary/aromatic N) is 2. The smallest absolute Gasteiger partial charge is 0.255 e. The van der Waals surface area contributed by atoms with Gasteiger partial charge in [-0.05, 0) is 23.8 Å². The van der Waals surface area contributed by atoms with Gasteiger partial charge in [-0.2, -0.15) is 5.26 Å². The molecule has 0 aliphatic carbocycles. The van der Waals surface area contributed by atoms with Crippen LogP contribution < -0.4 is 9.47 Å². The molecule has 0 spiro atoms. The SMILES string of the molecule is N#C[C@@H]1[C@H](c2ccccc2)[C@H](CO)N1C(=O)c1ccc2c(c1)OCO2. The number of fused-ring (bicyclic) bond motifs is 1. The van der Waals surface area contributed by atoms with Crippen LogP contribution in [0.5, 0.6) is 11.5 Å². The Morgan fingerprint density at radius 1 is 1.20 bits per heavy atom. The second-order valence-electron chi connectivity index (χ2n) is 6.04. The minimum absolute atomic E-state index is 0.132. The molecule has 0 bridgehead atoms. The van der Waals surface area contributed by atoms with Crippen molar-refractivity contribution in [3.8, 4) is 17.6 Å². The van der Waals surface area contributed by atoms with Crippen LogP contribution in [0.25, 0.3) is 0 Å². The van der Waals surface area contributed by atoms with Crippen molar-refractivity contribution >= 4 is 5.91 Å². The Morgan fingerprint density at radius 3 is 2.68 bits per heavy atom. The number of ether oxygens (including phenoxy) is 2. The van der Waals surface area contributed by atoms with Crippen LogP contribution in [-0.2, 0) is 0 Å². The zero-order chi connectivity index (χ0) is 17.4. The monoisotopic (exact) mass is 336 g/mol. The molecule has 126 valence electrons. The third-order valence-electron chi connectivity index (χ3n) is 4.77. The lowest BCUT2D eigenvalue weighted by atomic mass is 9.75. The molecule has 6 nitrogen and oxygen atoms in total. The van der Waals surface area contributed by atoms with Crippen molar-refractivity contribution in [2.24, 2.45) is 0 Å². The van der Waals surface area contributed by atoms with E-state index < -0.39 is 12.1 Å². The lowest BCUT2D eigenvalue weighted by Crippen LogP contribution is -2.65. The maximum absolute atomic E-state index is 12.9. The van der Waals surface area contributed by atoms with E-state index in [0.717, 1.165) is 5.56 Å². The van der Waals surface area contributed by atoms with Crippen LogP contribution in [-0.4, -0.2) is 41.4 Å². The molecule has 1 saturated heterocycles. The molecule has 6 heteroatoms. The number of hydrogen-bond acceptors (Lipinski definition) is 5. The van der Waals surface area contributed by atoms with E-state index in [4.69, 9.17) is 9.47 Å². The Bertz CT molecular complexity index is 846. The van der Waals surface area contributed by atoms with Crippen LogP contribution in [0.4, 0.5) is 0 Å². The third-order valence-corrected chi connectivity index (χ3v) is 4.77. The van der Waals surface area contributed by atoms with Gasteiger partial charge in [0.05, 0.1) is 18.7 Å². The lowest BCUT2D eigenvalue weighted by molar-refractivity contribution is -0.00586. The third kappa shape index (κ3) is 2.41. The van der Waals surface area contributed by atoms with E-state index in [1.54, 1.807) is 18.2 Å². The summed E-state index contributed by atoms with van der Waals surface area (Å²) in [5.74, 6) is 0.614. The second-order valence-corrected chi connectivity index (χ2v) is 6.04. The topological polar surface area (TPSA) is 82.8 Å². The number of amides is 1. The van der Waals surface area contributed by atoms with E-state index in [2.05, 4.69) is 6.07 Å². The van der Waals surface area contributed by atoms with Gasteiger partial charge < -0.3 is 19.5 Å². The minimum atomic E-state index is -0.613. The summed E-state index contributed by atoms with van der Waals surface area (Å²) in [6.45, 7) is -0.0686. The molecule has 3 atom stereocenters. The number of benzene rings is 2. The van der Waals surface area contributed by atoms with Crippen LogP contribution in [0.1, 0.15) is 21.8 Å². The number of hydrogen-bond donors (Lipinski definition) is 1. The second kappa shape index (κ2) is 6.11. The first kappa shape index (κ1) is 15.5. The summed E-state index contributed by atoms with van der Waals surface area (Å²) in [6.07, 6.45) is 0. The van der Waals surface area contributed by atoms with Gasteiger partial charge >= 0.3 is 0 Å². The highest BCUT2D eigenvalue weighted by molar-refractivity contribution is 5.96. The minimum Gasteiger partial charge on any atom is -0.454 e. The average molecular weight is 336 g/mol. The van der Waals surface area contributed by atoms with E-state index in [1.165, 1.54) is 4.90 Å². The van der Waals surface area contributed by atoms with Crippen molar-refractivity contribution in [3.05, 3.63) is 59.7 Å². The predicted octanol–water partition coefficient (Wildman–Crippen LogP) is 1.91. The molecule has 2 aromatic carbocycles. The summed E-state index contributed by atoms with van der Waals surface area (Å²) in [6, 6.07) is 15.6. The lowest BCUT2D eigenvalue weighted by Gasteiger charge is -2.51. The van der Waals surface area contributed by atoms with Crippen LogP contribution in [0.2, 0.25) is 0 Å². The summed E-state index contributed by atoms with van der Waals surface area (Å²) >= 11 is 0. The molecule has 0 saturated carbocycles. The molecular weight excluding hydrogens is 320 g/mol. The van der Waals surface area contributed by atoms with Crippen LogP contribution >= 0.6 is 0 Å². The number of likely N-dealkylation sites (tertiary alicyclic amines) is 1. The highest BCUT2D eigenvalue weighted by Crippen LogP contribution is 2.42. The Labute approximate surface area is 144 Å². The van der Waals surface area contributed by atoms with E-state index in [9.17, 15) is 15.2 Å². The number of aliphatic hydroxyl groups is 1. The van der Waals surface area contributed by atoms with Gasteiger partial charge in [0.15, 0.2) is 11.5 Å². The zero-order valence-electron chi connectivity index (χ0n) is 13.3. The van der Waals surface area contributed by atoms with Crippen LogP contribution in [0.15, 0.2) is 48.5 Å². The Morgan fingerprint density at radius 2 is 1.96 bits per heavy atom. The van der Waals surface area contributed by atoms with Crippen molar-refractivity contribution in [2.75, 3.05) is 13.4 Å². The van der Waals surface area contributed by atoms with Gasteiger partial charge in [0.25, 0.3) is 5.91 Å². The average Bonchev–Trinajstić information content (AvgIpc) is 3.10. The maximum atomic E-state index is 12.9. The molecule has 25 heavy (non-hydrogen) atoms. The summed E-state index contributed by atoms with van der Waals surface area (Å²) < 4.78 is 10.6. The molecule has 2 aliphatic rings. The molecular formula is C19H16N2O4. The van der Waals surface area contributed by atoms with Gasteiger partial charge in [-0.1, -0.05) is 30.3 Å². The Kier molecular flexibility index (Phi) is 3.79. The first-order valence-electron chi connectivity index (χ1n) is 8.02. The van der Waals surface area contributed by atoms with Crippen LogP contribution in [0.3, 0.4) is 0 Å². The molecule has 2 aromatic rings. The number of rotatable bonds is 3. The van der Waals surface area contributed by atoms with Gasteiger partial charge in [-0.3, -0.25) is 4.79 Å². The molecule has 0 radical (unpaired) electrons. The van der Waals surface area contributed by atoms with Gasteiger partial charge in [0, 0.05) is 11.5 Å². The van der Waals surface area contributed by atoms with E-state index in [1.807, 2.05) is 30.3 Å². The molecule has 4 rings (SSSR count). The summed E-state index contributed by atoms with van der Waals surface area (Å²) in [5.41, 5.74) is 1.36. The zero-order valence-corrected chi connectivity index (χ0v) is 13.3. The van der Waals surface area contributed by atoms with Crippen molar-refractivity contribution in [2.45, 2.75) is 18.0 Å².